The maximum absolute atomic E-state index is 13.8. The summed E-state index contributed by atoms with van der Waals surface area (Å²) in [5, 5.41) is 4.06. The van der Waals surface area contributed by atoms with Gasteiger partial charge in [0.25, 0.3) is 0 Å². The Morgan fingerprint density at radius 1 is 1.24 bits per heavy atom. The minimum Gasteiger partial charge on any atom is -0.271 e. The first-order chi connectivity index (χ1) is 9.95. The molecule has 0 fully saturated rings. The van der Waals surface area contributed by atoms with Gasteiger partial charge in [0, 0.05) is 18.0 Å². The van der Waals surface area contributed by atoms with E-state index in [0.29, 0.717) is 5.82 Å². The first kappa shape index (κ1) is 15.5. The summed E-state index contributed by atoms with van der Waals surface area (Å²) >= 11 is 0. The van der Waals surface area contributed by atoms with Crippen molar-refractivity contribution in [1.29, 1.82) is 0 Å². The molecule has 0 saturated carbocycles. The van der Waals surface area contributed by atoms with Crippen molar-refractivity contribution in [3.05, 3.63) is 47.3 Å². The lowest BCUT2D eigenvalue weighted by Crippen LogP contribution is -2.31. The molecular formula is C13H16F3N5. The van der Waals surface area contributed by atoms with Crippen LogP contribution >= 0.6 is 0 Å². The molecule has 1 heterocycles. The minimum atomic E-state index is -1.52. The van der Waals surface area contributed by atoms with Crippen LogP contribution in [-0.2, 0) is 6.42 Å². The number of hydrogen-bond donors (Lipinski definition) is 2. The summed E-state index contributed by atoms with van der Waals surface area (Å²) in [6.45, 7) is 3.84. The lowest BCUT2D eigenvalue weighted by atomic mass is 10.0. The molecule has 114 valence electrons. The van der Waals surface area contributed by atoms with E-state index in [-0.39, 0.29) is 18.0 Å². The summed E-state index contributed by atoms with van der Waals surface area (Å²) in [5.74, 6) is 1.97. The molecule has 2 rings (SSSR count). The van der Waals surface area contributed by atoms with Crippen LogP contribution in [0.4, 0.5) is 13.2 Å². The number of halogens is 3. The van der Waals surface area contributed by atoms with Crippen molar-refractivity contribution in [1.82, 2.24) is 20.2 Å². The van der Waals surface area contributed by atoms with Crippen molar-refractivity contribution < 1.29 is 13.2 Å². The average molecular weight is 299 g/mol. The third-order valence-electron chi connectivity index (χ3n) is 3.16. The van der Waals surface area contributed by atoms with Gasteiger partial charge in [0.2, 0.25) is 0 Å². The summed E-state index contributed by atoms with van der Waals surface area (Å²) in [6, 6.07) is 1.34. The maximum atomic E-state index is 13.8. The van der Waals surface area contributed by atoms with Crippen LogP contribution in [0.5, 0.6) is 0 Å². The Morgan fingerprint density at radius 2 is 1.95 bits per heavy atom. The summed E-state index contributed by atoms with van der Waals surface area (Å²) < 4.78 is 41.8. The van der Waals surface area contributed by atoms with Crippen LogP contribution in [-0.4, -0.2) is 14.8 Å². The van der Waals surface area contributed by atoms with Crippen LogP contribution < -0.4 is 11.3 Å². The molecule has 21 heavy (non-hydrogen) atoms. The van der Waals surface area contributed by atoms with Crippen LogP contribution in [0.1, 0.15) is 37.3 Å². The molecular weight excluding hydrogens is 283 g/mol. The van der Waals surface area contributed by atoms with Gasteiger partial charge in [-0.05, 0) is 19.9 Å². The Hall–Kier alpha value is -1.93. The van der Waals surface area contributed by atoms with Crippen molar-refractivity contribution in [2.45, 2.75) is 32.4 Å². The highest BCUT2D eigenvalue weighted by Crippen LogP contribution is 2.24. The molecule has 5 nitrogen and oxygen atoms in total. The third kappa shape index (κ3) is 3.06. The number of rotatable bonds is 5. The van der Waals surface area contributed by atoms with E-state index in [4.69, 9.17) is 5.84 Å². The van der Waals surface area contributed by atoms with Gasteiger partial charge in [0.05, 0.1) is 6.04 Å². The Labute approximate surface area is 119 Å². The molecule has 0 bridgehead atoms. The van der Waals surface area contributed by atoms with E-state index in [1.165, 1.54) is 6.33 Å². The Bertz CT molecular complexity index is 626. The molecule has 1 aromatic carbocycles. The topological polar surface area (TPSA) is 68.8 Å². The van der Waals surface area contributed by atoms with E-state index in [2.05, 4.69) is 15.5 Å². The second-order valence-corrected chi connectivity index (χ2v) is 4.90. The summed E-state index contributed by atoms with van der Waals surface area (Å²) in [6.07, 6.45) is 1.57. The fourth-order valence-electron chi connectivity index (χ4n) is 2.10. The zero-order valence-corrected chi connectivity index (χ0v) is 11.6. The molecule has 0 saturated heterocycles. The Morgan fingerprint density at radius 3 is 2.57 bits per heavy atom. The first-order valence-corrected chi connectivity index (χ1v) is 6.43. The second-order valence-electron chi connectivity index (χ2n) is 4.90. The number of nitrogens with two attached hydrogens (primary N) is 1. The fraction of sp³-hybridized carbons (Fsp3) is 0.385. The predicted octanol–water partition coefficient (Wildman–Crippen LogP) is 2.02. The van der Waals surface area contributed by atoms with E-state index < -0.39 is 23.5 Å². The average Bonchev–Trinajstić information content (AvgIpc) is 2.91. The van der Waals surface area contributed by atoms with E-state index in [1.54, 1.807) is 4.68 Å². The number of nitrogens with zero attached hydrogens (tertiary/aromatic N) is 3. The van der Waals surface area contributed by atoms with Gasteiger partial charge < -0.3 is 0 Å². The van der Waals surface area contributed by atoms with Gasteiger partial charge in [-0.15, -0.1) is 0 Å². The largest absolute Gasteiger partial charge is 0.271 e. The minimum absolute atomic E-state index is 0.0605. The lowest BCUT2D eigenvalue weighted by Gasteiger charge is -2.18. The van der Waals surface area contributed by atoms with Crippen LogP contribution in [0.3, 0.4) is 0 Å². The van der Waals surface area contributed by atoms with Gasteiger partial charge >= 0.3 is 0 Å². The number of nitrogens with one attached hydrogen (secondary N) is 1. The third-order valence-corrected chi connectivity index (χ3v) is 3.16. The molecule has 3 N–H and O–H groups in total. The maximum Gasteiger partial charge on any atom is 0.194 e. The molecule has 0 amide bonds. The zero-order chi connectivity index (χ0) is 15.6. The van der Waals surface area contributed by atoms with Crippen LogP contribution in [0.2, 0.25) is 0 Å². The number of hydrogen-bond acceptors (Lipinski definition) is 4. The highest BCUT2D eigenvalue weighted by molar-refractivity contribution is 5.24. The van der Waals surface area contributed by atoms with Crippen molar-refractivity contribution in [3.63, 3.8) is 0 Å². The van der Waals surface area contributed by atoms with Crippen LogP contribution in [0.15, 0.2) is 18.5 Å². The molecule has 0 radical (unpaired) electrons. The van der Waals surface area contributed by atoms with Gasteiger partial charge in [-0.3, -0.25) is 11.3 Å². The van der Waals surface area contributed by atoms with Crippen molar-refractivity contribution in [2.75, 3.05) is 0 Å². The first-order valence-electron chi connectivity index (χ1n) is 6.43. The van der Waals surface area contributed by atoms with E-state index in [1.807, 2.05) is 13.8 Å². The molecule has 0 aliphatic heterocycles. The Kier molecular flexibility index (Phi) is 4.59. The van der Waals surface area contributed by atoms with Crippen LogP contribution in [0.25, 0.3) is 0 Å². The smallest absolute Gasteiger partial charge is 0.194 e. The molecule has 1 unspecified atom stereocenters. The predicted molar refractivity (Wildman–Crippen MR) is 70.5 cm³/mol. The fourth-order valence-corrected chi connectivity index (χ4v) is 2.10. The number of hydrazine groups is 1. The molecule has 1 aromatic heterocycles. The molecule has 2 aromatic rings. The van der Waals surface area contributed by atoms with Crippen molar-refractivity contribution in [2.24, 2.45) is 5.84 Å². The zero-order valence-electron chi connectivity index (χ0n) is 11.6. The molecule has 1 atom stereocenters. The SMILES string of the molecule is CC(C)n1ncnc1CC(NN)c1ccc(F)c(F)c1F. The molecule has 8 heteroatoms. The summed E-state index contributed by atoms with van der Waals surface area (Å²) in [5.41, 5.74) is 2.34. The van der Waals surface area contributed by atoms with Gasteiger partial charge in [0.15, 0.2) is 17.5 Å². The van der Waals surface area contributed by atoms with Gasteiger partial charge in [-0.25, -0.2) is 22.8 Å². The standard InChI is InChI=1S/C13H16F3N5/c1-7(2)21-11(18-6-19-21)5-10(20-17)8-3-4-9(14)13(16)12(8)15/h3-4,6-7,10,20H,5,17H2,1-2H3. The molecule has 0 aliphatic rings. The molecule has 0 aliphatic carbocycles. The highest BCUT2D eigenvalue weighted by Gasteiger charge is 2.22. The van der Waals surface area contributed by atoms with Gasteiger partial charge in [-0.2, -0.15) is 5.10 Å². The van der Waals surface area contributed by atoms with E-state index in [9.17, 15) is 13.2 Å². The normalized spacial score (nSPS) is 12.9. The van der Waals surface area contributed by atoms with Crippen molar-refractivity contribution in [3.8, 4) is 0 Å². The van der Waals surface area contributed by atoms with Gasteiger partial charge in [0.1, 0.15) is 12.2 Å². The van der Waals surface area contributed by atoms with Gasteiger partial charge in [-0.1, -0.05) is 6.07 Å². The second kappa shape index (κ2) is 6.23. The Balaban J connectivity index is 2.33. The van der Waals surface area contributed by atoms with E-state index >= 15 is 0 Å². The number of benzene rings is 1. The summed E-state index contributed by atoms with van der Waals surface area (Å²) in [4.78, 5) is 4.09. The highest BCUT2D eigenvalue weighted by atomic mass is 19.2. The number of aromatic nitrogens is 3. The van der Waals surface area contributed by atoms with Crippen molar-refractivity contribution >= 4 is 0 Å². The quantitative estimate of drug-likeness (QED) is 0.503. The lowest BCUT2D eigenvalue weighted by molar-refractivity contribution is 0.417. The van der Waals surface area contributed by atoms with E-state index in [0.717, 1.165) is 12.1 Å². The summed E-state index contributed by atoms with van der Waals surface area (Å²) in [7, 11) is 0. The monoisotopic (exact) mass is 299 g/mol. The molecule has 0 spiro atoms. The van der Waals surface area contributed by atoms with Crippen LogP contribution in [0, 0.1) is 17.5 Å².